The second-order valence-corrected chi connectivity index (χ2v) is 5.89. The zero-order valence-electron chi connectivity index (χ0n) is 10.4. The fourth-order valence-electron chi connectivity index (χ4n) is 2.09. The van der Waals surface area contributed by atoms with Crippen molar-refractivity contribution in [1.29, 1.82) is 0 Å². The first-order valence-electron chi connectivity index (χ1n) is 6.02. The zero-order chi connectivity index (χ0) is 13.2. The van der Waals surface area contributed by atoms with E-state index in [4.69, 9.17) is 10.9 Å². The number of nitrogens with two attached hydrogens (primary N) is 1. The molecule has 0 bridgehead atoms. The number of hydrogen-bond donors (Lipinski definition) is 3. The third-order valence-electron chi connectivity index (χ3n) is 3.56. The van der Waals surface area contributed by atoms with Gasteiger partial charge in [-0.3, -0.25) is 0 Å². The number of oxime groups is 1. The fraction of sp³-hybridized carbons (Fsp3) is 0.462. The molecule has 1 aliphatic carbocycles. The molecule has 0 amide bonds. The molecule has 4 N–H and O–H groups in total. The van der Waals surface area contributed by atoms with Gasteiger partial charge in [-0.2, -0.15) is 0 Å². The van der Waals surface area contributed by atoms with Crippen LogP contribution in [0.1, 0.15) is 24.8 Å². The second-order valence-electron chi connectivity index (χ2n) is 5.03. The molecule has 0 heterocycles. The van der Waals surface area contributed by atoms with Crippen molar-refractivity contribution in [2.75, 3.05) is 11.9 Å². The minimum atomic E-state index is 0.172. The highest BCUT2D eigenvalue weighted by Crippen LogP contribution is 2.48. The van der Waals surface area contributed by atoms with Crippen LogP contribution >= 0.6 is 15.9 Å². The van der Waals surface area contributed by atoms with E-state index in [1.54, 1.807) is 0 Å². The Bertz CT molecular complexity index is 469. The standard InChI is InChI=1S/C13H18BrN3O/c1-9-10(14)3-2-4-11(9)16-8-13(5-6-13)7-12(15)17-18/h2-4,16,18H,5-8H2,1H3,(H2,15,17). The van der Waals surface area contributed by atoms with Crippen LogP contribution in [0.15, 0.2) is 27.8 Å². The normalized spacial score (nSPS) is 17.6. The monoisotopic (exact) mass is 311 g/mol. The number of hydrogen-bond acceptors (Lipinski definition) is 3. The van der Waals surface area contributed by atoms with Gasteiger partial charge in [-0.05, 0) is 42.9 Å². The van der Waals surface area contributed by atoms with Gasteiger partial charge in [-0.15, -0.1) is 0 Å². The van der Waals surface area contributed by atoms with Crippen molar-refractivity contribution in [2.45, 2.75) is 26.2 Å². The maximum absolute atomic E-state index is 8.63. The van der Waals surface area contributed by atoms with Crippen molar-refractivity contribution >= 4 is 27.5 Å². The fourth-order valence-corrected chi connectivity index (χ4v) is 2.46. The lowest BCUT2D eigenvalue weighted by molar-refractivity contribution is 0.315. The first-order valence-corrected chi connectivity index (χ1v) is 6.81. The average Bonchev–Trinajstić information content (AvgIpc) is 3.11. The number of nitrogens with one attached hydrogen (secondary N) is 1. The van der Waals surface area contributed by atoms with Gasteiger partial charge in [-0.1, -0.05) is 27.2 Å². The molecule has 1 aromatic rings. The van der Waals surface area contributed by atoms with Crippen LogP contribution in [-0.2, 0) is 0 Å². The average molecular weight is 312 g/mol. The maximum Gasteiger partial charge on any atom is 0.139 e. The van der Waals surface area contributed by atoms with Crippen LogP contribution in [0.5, 0.6) is 0 Å². The smallest absolute Gasteiger partial charge is 0.139 e. The second kappa shape index (κ2) is 5.18. The van der Waals surface area contributed by atoms with Crippen LogP contribution in [0.4, 0.5) is 5.69 Å². The molecule has 4 nitrogen and oxygen atoms in total. The van der Waals surface area contributed by atoms with E-state index in [-0.39, 0.29) is 5.41 Å². The molecule has 0 spiro atoms. The predicted molar refractivity (Wildman–Crippen MR) is 77.1 cm³/mol. The van der Waals surface area contributed by atoms with Crippen molar-refractivity contribution in [3.63, 3.8) is 0 Å². The highest BCUT2D eigenvalue weighted by atomic mass is 79.9. The molecule has 0 atom stereocenters. The number of rotatable bonds is 5. The summed E-state index contributed by atoms with van der Waals surface area (Å²) in [5, 5.41) is 15.2. The Hall–Kier alpha value is -1.23. The quantitative estimate of drug-likeness (QED) is 0.339. The first-order chi connectivity index (χ1) is 8.56. The molecule has 1 aliphatic rings. The maximum atomic E-state index is 8.63. The molecule has 18 heavy (non-hydrogen) atoms. The lowest BCUT2D eigenvalue weighted by Crippen LogP contribution is -2.23. The molecule has 0 radical (unpaired) electrons. The summed E-state index contributed by atoms with van der Waals surface area (Å²) in [7, 11) is 0. The Kier molecular flexibility index (Phi) is 3.80. The van der Waals surface area contributed by atoms with E-state index in [1.807, 2.05) is 12.1 Å². The molecule has 0 aliphatic heterocycles. The van der Waals surface area contributed by atoms with Crippen molar-refractivity contribution in [1.82, 2.24) is 0 Å². The number of halogens is 1. The summed E-state index contributed by atoms with van der Waals surface area (Å²) in [5.41, 5.74) is 8.10. The molecule has 98 valence electrons. The van der Waals surface area contributed by atoms with E-state index in [1.165, 1.54) is 5.56 Å². The minimum Gasteiger partial charge on any atom is -0.409 e. The molecular formula is C13H18BrN3O. The van der Waals surface area contributed by atoms with Gasteiger partial charge in [0.05, 0.1) is 0 Å². The molecule has 2 rings (SSSR count). The van der Waals surface area contributed by atoms with E-state index < -0.39 is 0 Å². The Balaban J connectivity index is 1.98. The largest absolute Gasteiger partial charge is 0.409 e. The van der Waals surface area contributed by atoms with Crippen LogP contribution in [-0.4, -0.2) is 17.6 Å². The lowest BCUT2D eigenvalue weighted by atomic mass is 10.0. The molecular weight excluding hydrogens is 294 g/mol. The summed E-state index contributed by atoms with van der Waals surface area (Å²) in [6.45, 7) is 2.94. The van der Waals surface area contributed by atoms with Crippen LogP contribution in [0.25, 0.3) is 0 Å². The molecule has 1 saturated carbocycles. The third-order valence-corrected chi connectivity index (χ3v) is 4.42. The van der Waals surface area contributed by atoms with Gasteiger partial charge in [0.15, 0.2) is 0 Å². The summed E-state index contributed by atoms with van der Waals surface area (Å²) in [5.74, 6) is 0.320. The Morgan fingerprint density at radius 3 is 2.89 bits per heavy atom. The van der Waals surface area contributed by atoms with Crippen LogP contribution in [0, 0.1) is 12.3 Å². The van der Waals surface area contributed by atoms with Crippen molar-refractivity contribution in [3.05, 3.63) is 28.2 Å². The summed E-state index contributed by atoms with van der Waals surface area (Å²) in [4.78, 5) is 0. The van der Waals surface area contributed by atoms with Crippen LogP contribution in [0.3, 0.4) is 0 Å². The predicted octanol–water partition coefficient (Wildman–Crippen LogP) is 3.09. The third kappa shape index (κ3) is 2.96. The highest BCUT2D eigenvalue weighted by Gasteiger charge is 2.43. The summed E-state index contributed by atoms with van der Waals surface area (Å²) in [6, 6.07) is 6.12. The van der Waals surface area contributed by atoms with E-state index in [0.717, 1.165) is 29.5 Å². The van der Waals surface area contributed by atoms with Gasteiger partial charge in [0.2, 0.25) is 0 Å². The van der Waals surface area contributed by atoms with Crippen molar-refractivity contribution < 1.29 is 5.21 Å². The van der Waals surface area contributed by atoms with E-state index in [9.17, 15) is 0 Å². The summed E-state index contributed by atoms with van der Waals surface area (Å²) in [6.07, 6.45) is 2.91. The minimum absolute atomic E-state index is 0.172. The summed E-state index contributed by atoms with van der Waals surface area (Å²) >= 11 is 3.52. The Labute approximate surface area is 115 Å². The molecule has 0 unspecified atom stereocenters. The number of benzene rings is 1. The Morgan fingerprint density at radius 2 is 2.28 bits per heavy atom. The molecule has 0 saturated heterocycles. The molecule has 1 aromatic carbocycles. The SMILES string of the molecule is Cc1c(Br)cccc1NCC1(C/C(N)=N/O)CC1. The summed E-state index contributed by atoms with van der Waals surface area (Å²) < 4.78 is 1.11. The van der Waals surface area contributed by atoms with Gasteiger partial charge in [0, 0.05) is 23.1 Å². The number of anilines is 1. The zero-order valence-corrected chi connectivity index (χ0v) is 12.0. The molecule has 1 fully saturated rings. The van der Waals surface area contributed by atoms with E-state index in [0.29, 0.717) is 12.3 Å². The van der Waals surface area contributed by atoms with Crippen LogP contribution < -0.4 is 11.1 Å². The van der Waals surface area contributed by atoms with E-state index in [2.05, 4.69) is 39.4 Å². The van der Waals surface area contributed by atoms with Crippen molar-refractivity contribution in [2.24, 2.45) is 16.3 Å². The van der Waals surface area contributed by atoms with Gasteiger partial charge in [0.25, 0.3) is 0 Å². The highest BCUT2D eigenvalue weighted by molar-refractivity contribution is 9.10. The molecule has 5 heteroatoms. The van der Waals surface area contributed by atoms with Crippen LogP contribution in [0.2, 0.25) is 0 Å². The number of nitrogens with zero attached hydrogens (tertiary/aromatic N) is 1. The number of amidine groups is 1. The molecule has 0 aromatic heterocycles. The lowest BCUT2D eigenvalue weighted by Gasteiger charge is -2.17. The van der Waals surface area contributed by atoms with Gasteiger partial charge in [-0.25, -0.2) is 0 Å². The van der Waals surface area contributed by atoms with Crippen molar-refractivity contribution in [3.8, 4) is 0 Å². The first kappa shape index (κ1) is 13.2. The van der Waals surface area contributed by atoms with E-state index >= 15 is 0 Å². The van der Waals surface area contributed by atoms with Gasteiger partial charge >= 0.3 is 0 Å². The van der Waals surface area contributed by atoms with Gasteiger partial charge < -0.3 is 16.3 Å². The van der Waals surface area contributed by atoms with Gasteiger partial charge in [0.1, 0.15) is 5.84 Å². The Morgan fingerprint density at radius 1 is 1.56 bits per heavy atom. The topological polar surface area (TPSA) is 70.6 Å².